The maximum atomic E-state index is 12.9. The van der Waals surface area contributed by atoms with E-state index in [-0.39, 0.29) is 6.42 Å². The Morgan fingerprint density at radius 1 is 1.27 bits per heavy atom. The number of hydrogen-bond donors (Lipinski definition) is 2. The molecule has 0 unspecified atom stereocenters. The van der Waals surface area contributed by atoms with Gasteiger partial charge in [-0.15, -0.1) is 0 Å². The number of nitrogens with one attached hydrogen (secondary N) is 1. The number of nitro groups is 2. The number of rotatable bonds is 7. The number of H-pyrrole nitrogens is 1. The second-order valence-corrected chi connectivity index (χ2v) is 7.17. The van der Waals surface area contributed by atoms with Crippen LogP contribution in [0.25, 0.3) is 0 Å². The van der Waals surface area contributed by atoms with Crippen molar-refractivity contribution in [3.63, 3.8) is 0 Å². The van der Waals surface area contributed by atoms with E-state index in [2.05, 4.69) is 9.97 Å². The fourth-order valence-corrected chi connectivity index (χ4v) is 2.57. The first-order chi connectivity index (χ1) is 13.9. The molecule has 13 nitrogen and oxygen atoms in total. The predicted octanol–water partition coefficient (Wildman–Crippen LogP) is 2.66. The molecular weight excluding hydrogens is 402 g/mol. The van der Waals surface area contributed by atoms with Crippen LogP contribution in [0.4, 0.5) is 21.9 Å². The van der Waals surface area contributed by atoms with E-state index < -0.39 is 50.6 Å². The van der Waals surface area contributed by atoms with Gasteiger partial charge in [-0.1, -0.05) is 0 Å². The SMILES string of the molecule is CC(C)(C)OC(=O)N(c1ccc([N+](=O)[O-])cc1[N+](=O)[O-])[C@H](Cc1cnc[nH]1)C(=O)O. The summed E-state index contributed by atoms with van der Waals surface area (Å²) in [7, 11) is 0. The lowest BCUT2D eigenvalue weighted by Gasteiger charge is -2.31. The van der Waals surface area contributed by atoms with E-state index in [9.17, 15) is 34.9 Å². The molecule has 0 saturated carbocycles. The van der Waals surface area contributed by atoms with Crippen LogP contribution in [0.2, 0.25) is 0 Å². The molecule has 1 atom stereocenters. The fraction of sp³-hybridized carbons (Fsp3) is 0.353. The van der Waals surface area contributed by atoms with Crippen molar-refractivity contribution < 1.29 is 29.3 Å². The Kier molecular flexibility index (Phi) is 6.34. The van der Waals surface area contributed by atoms with Crippen molar-refractivity contribution in [2.24, 2.45) is 0 Å². The molecule has 1 heterocycles. The number of aromatic amines is 1. The van der Waals surface area contributed by atoms with E-state index in [0.29, 0.717) is 16.7 Å². The van der Waals surface area contributed by atoms with Gasteiger partial charge in [0.15, 0.2) is 0 Å². The van der Waals surface area contributed by atoms with Crippen LogP contribution in [0.5, 0.6) is 0 Å². The van der Waals surface area contributed by atoms with Gasteiger partial charge in [-0.25, -0.2) is 14.6 Å². The summed E-state index contributed by atoms with van der Waals surface area (Å²) < 4.78 is 5.26. The van der Waals surface area contributed by atoms with Gasteiger partial charge in [-0.3, -0.25) is 25.1 Å². The van der Waals surface area contributed by atoms with Crippen molar-refractivity contribution >= 4 is 29.1 Å². The van der Waals surface area contributed by atoms with Crippen LogP contribution in [0, 0.1) is 20.2 Å². The first-order valence-corrected chi connectivity index (χ1v) is 8.56. The number of aliphatic carboxylic acids is 1. The average molecular weight is 421 g/mol. The molecule has 2 rings (SSSR count). The average Bonchev–Trinajstić information content (AvgIpc) is 3.12. The maximum absolute atomic E-state index is 12.9. The van der Waals surface area contributed by atoms with Gasteiger partial charge in [-0.05, 0) is 26.8 Å². The zero-order valence-corrected chi connectivity index (χ0v) is 16.3. The first-order valence-electron chi connectivity index (χ1n) is 8.56. The van der Waals surface area contributed by atoms with E-state index in [1.54, 1.807) is 0 Å². The van der Waals surface area contributed by atoms with Crippen molar-refractivity contribution in [1.29, 1.82) is 0 Å². The van der Waals surface area contributed by atoms with E-state index in [4.69, 9.17) is 4.74 Å². The number of non-ortho nitro benzene ring substituents is 1. The van der Waals surface area contributed by atoms with Gasteiger partial charge in [0.1, 0.15) is 17.3 Å². The van der Waals surface area contributed by atoms with Gasteiger partial charge in [0.05, 0.1) is 22.2 Å². The smallest absolute Gasteiger partial charge is 0.415 e. The number of imidazole rings is 1. The lowest BCUT2D eigenvalue weighted by Crippen LogP contribution is -2.49. The Morgan fingerprint density at radius 3 is 2.40 bits per heavy atom. The number of carbonyl (C=O) groups is 2. The molecule has 0 aliphatic carbocycles. The van der Waals surface area contributed by atoms with Crippen LogP contribution in [0.1, 0.15) is 26.5 Å². The van der Waals surface area contributed by atoms with Crippen molar-refractivity contribution in [3.05, 3.63) is 56.6 Å². The molecule has 13 heteroatoms. The number of amides is 1. The third-order valence-corrected chi connectivity index (χ3v) is 3.78. The molecule has 0 aliphatic rings. The third-order valence-electron chi connectivity index (χ3n) is 3.78. The summed E-state index contributed by atoms with van der Waals surface area (Å²) in [5.41, 5.74) is -2.55. The molecule has 2 aromatic rings. The minimum atomic E-state index is -1.62. The Morgan fingerprint density at radius 2 is 1.93 bits per heavy atom. The van der Waals surface area contributed by atoms with E-state index in [1.807, 2.05) is 0 Å². The third kappa shape index (κ3) is 5.27. The van der Waals surface area contributed by atoms with Crippen LogP contribution in [0.15, 0.2) is 30.7 Å². The molecule has 0 bridgehead atoms. The number of carboxylic acids is 1. The fourth-order valence-electron chi connectivity index (χ4n) is 2.57. The minimum Gasteiger partial charge on any atom is -0.480 e. The highest BCUT2D eigenvalue weighted by Crippen LogP contribution is 2.34. The summed E-state index contributed by atoms with van der Waals surface area (Å²) in [6.45, 7) is 4.62. The summed E-state index contributed by atoms with van der Waals surface area (Å²) in [5.74, 6) is -1.47. The highest BCUT2D eigenvalue weighted by molar-refractivity contribution is 5.97. The van der Waals surface area contributed by atoms with Crippen molar-refractivity contribution in [2.45, 2.75) is 38.8 Å². The minimum absolute atomic E-state index is 0.275. The normalized spacial score (nSPS) is 12.1. The molecule has 1 aromatic carbocycles. The molecule has 1 aromatic heterocycles. The van der Waals surface area contributed by atoms with Crippen molar-refractivity contribution in [1.82, 2.24) is 9.97 Å². The molecule has 0 radical (unpaired) electrons. The lowest BCUT2D eigenvalue weighted by molar-refractivity contribution is -0.393. The highest BCUT2D eigenvalue weighted by Gasteiger charge is 2.39. The topological polar surface area (TPSA) is 182 Å². The molecule has 0 aliphatic heterocycles. The number of carbonyl (C=O) groups excluding carboxylic acids is 1. The van der Waals surface area contributed by atoms with Crippen LogP contribution in [-0.2, 0) is 16.0 Å². The Bertz CT molecular complexity index is 967. The van der Waals surface area contributed by atoms with E-state index in [1.165, 1.54) is 33.3 Å². The van der Waals surface area contributed by atoms with Crippen LogP contribution < -0.4 is 4.90 Å². The van der Waals surface area contributed by atoms with Crippen LogP contribution >= 0.6 is 0 Å². The zero-order valence-electron chi connectivity index (χ0n) is 16.3. The monoisotopic (exact) mass is 421 g/mol. The number of anilines is 1. The summed E-state index contributed by atoms with van der Waals surface area (Å²) in [5, 5.41) is 32.3. The summed E-state index contributed by atoms with van der Waals surface area (Å²) in [4.78, 5) is 52.8. The molecule has 160 valence electrons. The van der Waals surface area contributed by atoms with Crippen LogP contribution in [-0.4, -0.2) is 48.6 Å². The van der Waals surface area contributed by atoms with Crippen molar-refractivity contribution in [3.8, 4) is 0 Å². The number of nitrogens with zero attached hydrogens (tertiary/aromatic N) is 4. The molecule has 1 amide bonds. The Hall–Kier alpha value is -4.03. The molecule has 30 heavy (non-hydrogen) atoms. The van der Waals surface area contributed by atoms with Gasteiger partial charge in [0.25, 0.3) is 11.4 Å². The molecule has 0 fully saturated rings. The molecule has 2 N–H and O–H groups in total. The first kappa shape index (κ1) is 22.3. The second kappa shape index (κ2) is 8.55. The number of nitro benzene ring substituents is 2. The highest BCUT2D eigenvalue weighted by atomic mass is 16.6. The van der Waals surface area contributed by atoms with E-state index >= 15 is 0 Å². The molecule has 0 saturated heterocycles. The van der Waals surface area contributed by atoms with E-state index in [0.717, 1.165) is 12.1 Å². The standard InChI is InChI=1S/C17H19N5O8/c1-17(2,3)30-16(25)20(14(15(23)24)6-10-8-18-9-19-10)12-5-4-11(21(26)27)7-13(12)22(28)29/h4-5,7-9,14H,6H2,1-3H3,(H,18,19)(H,23,24)/t14-/m1/s1. The van der Waals surface area contributed by atoms with Gasteiger partial charge in [-0.2, -0.15) is 0 Å². The quantitative estimate of drug-likeness (QED) is 0.501. The molecular formula is C17H19N5O8. The predicted molar refractivity (Wildman–Crippen MR) is 102 cm³/mol. The summed E-state index contributed by atoms with van der Waals surface area (Å²) in [6.07, 6.45) is 1.21. The van der Waals surface area contributed by atoms with Gasteiger partial charge in [0, 0.05) is 24.4 Å². The Labute approximate surface area is 169 Å². The number of aromatic nitrogens is 2. The lowest BCUT2D eigenvalue weighted by atomic mass is 10.1. The maximum Gasteiger partial charge on any atom is 0.415 e. The van der Waals surface area contributed by atoms with Gasteiger partial charge in [0.2, 0.25) is 0 Å². The largest absolute Gasteiger partial charge is 0.480 e. The number of ether oxygens (including phenoxy) is 1. The van der Waals surface area contributed by atoms with Gasteiger partial charge < -0.3 is 14.8 Å². The second-order valence-electron chi connectivity index (χ2n) is 7.17. The number of carboxylic acid groups (broad SMARTS) is 1. The number of benzene rings is 1. The summed E-state index contributed by atoms with van der Waals surface area (Å²) >= 11 is 0. The Balaban J connectivity index is 2.66. The zero-order chi connectivity index (χ0) is 22.6. The van der Waals surface area contributed by atoms with Gasteiger partial charge >= 0.3 is 12.1 Å². The summed E-state index contributed by atoms with van der Waals surface area (Å²) in [6, 6.07) is 0.917. The molecule has 0 spiro atoms. The number of hydrogen-bond acceptors (Lipinski definition) is 8. The van der Waals surface area contributed by atoms with Crippen molar-refractivity contribution in [2.75, 3.05) is 4.90 Å². The van der Waals surface area contributed by atoms with Crippen LogP contribution in [0.3, 0.4) is 0 Å².